The monoisotopic (exact) mass is 290 g/mol. The molecule has 1 amide bonds. The molecule has 1 aromatic carbocycles. The molecule has 1 fully saturated rings. The van der Waals surface area contributed by atoms with Crippen LogP contribution in [0.5, 0.6) is 5.75 Å². The Morgan fingerprint density at radius 1 is 1.43 bits per heavy atom. The van der Waals surface area contributed by atoms with Gasteiger partial charge < -0.3 is 15.7 Å². The van der Waals surface area contributed by atoms with Crippen LogP contribution < -0.4 is 10.6 Å². The molecule has 4 nitrogen and oxygen atoms in total. The van der Waals surface area contributed by atoms with Crippen LogP contribution in [0, 0.1) is 5.92 Å². The number of piperidine rings is 1. The van der Waals surface area contributed by atoms with Gasteiger partial charge in [0.2, 0.25) is 5.91 Å². The number of benzene rings is 1. The molecule has 1 aliphatic heterocycles. The fraction of sp³-hybridized carbons (Fsp3) is 0.588. The minimum Gasteiger partial charge on any atom is -0.508 e. The Balaban J connectivity index is 1.74. The van der Waals surface area contributed by atoms with Crippen LogP contribution in [0.3, 0.4) is 0 Å². The number of aromatic hydroxyl groups is 1. The molecule has 0 radical (unpaired) electrons. The Morgan fingerprint density at radius 3 is 2.81 bits per heavy atom. The van der Waals surface area contributed by atoms with Crippen LogP contribution in [0.1, 0.15) is 38.7 Å². The van der Waals surface area contributed by atoms with Gasteiger partial charge in [-0.1, -0.05) is 12.1 Å². The van der Waals surface area contributed by atoms with Gasteiger partial charge in [-0.2, -0.15) is 0 Å². The smallest absolute Gasteiger partial charge is 0.223 e. The number of amides is 1. The summed E-state index contributed by atoms with van der Waals surface area (Å²) in [5, 5.41) is 15.8. The van der Waals surface area contributed by atoms with Gasteiger partial charge in [0.25, 0.3) is 0 Å². The molecule has 3 N–H and O–H groups in total. The van der Waals surface area contributed by atoms with Crippen molar-refractivity contribution in [2.45, 2.75) is 51.6 Å². The summed E-state index contributed by atoms with van der Waals surface area (Å²) in [6.07, 6.45) is 3.68. The van der Waals surface area contributed by atoms with E-state index in [0.29, 0.717) is 11.8 Å². The lowest BCUT2D eigenvalue weighted by molar-refractivity contribution is -0.126. The number of carbonyl (C=O) groups is 1. The lowest BCUT2D eigenvalue weighted by Crippen LogP contribution is -2.44. The summed E-state index contributed by atoms with van der Waals surface area (Å²) in [4.78, 5) is 12.2. The highest BCUT2D eigenvalue weighted by Crippen LogP contribution is 2.17. The Labute approximate surface area is 126 Å². The van der Waals surface area contributed by atoms with Crippen molar-refractivity contribution in [3.8, 4) is 5.75 Å². The Hall–Kier alpha value is -1.55. The topological polar surface area (TPSA) is 61.4 Å². The first-order valence-corrected chi connectivity index (χ1v) is 7.86. The normalized spacial score (nSPS) is 23.5. The van der Waals surface area contributed by atoms with Gasteiger partial charge in [-0.15, -0.1) is 0 Å². The minimum absolute atomic E-state index is 0.150. The van der Waals surface area contributed by atoms with Crippen molar-refractivity contribution in [1.82, 2.24) is 10.6 Å². The minimum atomic E-state index is 0.150. The summed E-state index contributed by atoms with van der Waals surface area (Å²) < 4.78 is 0. The first-order valence-electron chi connectivity index (χ1n) is 7.86. The van der Waals surface area contributed by atoms with Gasteiger partial charge in [0.1, 0.15) is 5.75 Å². The zero-order chi connectivity index (χ0) is 15.2. The summed E-state index contributed by atoms with van der Waals surface area (Å²) in [7, 11) is 0. The third-order valence-corrected chi connectivity index (χ3v) is 4.19. The second kappa shape index (κ2) is 7.46. The predicted octanol–water partition coefficient (Wildman–Crippen LogP) is 2.22. The molecule has 0 saturated carbocycles. The van der Waals surface area contributed by atoms with Gasteiger partial charge in [0.05, 0.1) is 0 Å². The van der Waals surface area contributed by atoms with Crippen LogP contribution in [0.4, 0.5) is 0 Å². The maximum absolute atomic E-state index is 12.2. The molecule has 1 saturated heterocycles. The fourth-order valence-electron chi connectivity index (χ4n) is 2.85. The van der Waals surface area contributed by atoms with Gasteiger partial charge in [0.15, 0.2) is 0 Å². The Morgan fingerprint density at radius 2 is 2.14 bits per heavy atom. The molecule has 116 valence electrons. The molecule has 1 heterocycles. The first kappa shape index (κ1) is 15.8. The number of hydrogen-bond acceptors (Lipinski definition) is 3. The molecular weight excluding hydrogens is 264 g/mol. The Bertz CT molecular complexity index is 458. The first-order chi connectivity index (χ1) is 10.0. The summed E-state index contributed by atoms with van der Waals surface area (Å²) in [6.45, 7) is 5.12. The van der Waals surface area contributed by atoms with E-state index >= 15 is 0 Å². The van der Waals surface area contributed by atoms with Crippen LogP contribution in [0.25, 0.3) is 0 Å². The van der Waals surface area contributed by atoms with E-state index in [0.717, 1.165) is 32.2 Å². The van der Waals surface area contributed by atoms with E-state index in [-0.39, 0.29) is 17.9 Å². The zero-order valence-corrected chi connectivity index (χ0v) is 12.9. The van der Waals surface area contributed by atoms with E-state index in [1.165, 1.54) is 5.56 Å². The van der Waals surface area contributed by atoms with Crippen molar-refractivity contribution in [3.05, 3.63) is 29.8 Å². The summed E-state index contributed by atoms with van der Waals surface area (Å²) in [6, 6.07) is 7.87. The third kappa shape index (κ3) is 5.05. The second-order valence-electron chi connectivity index (χ2n) is 6.19. The van der Waals surface area contributed by atoms with Gasteiger partial charge in [-0.3, -0.25) is 4.79 Å². The van der Waals surface area contributed by atoms with Crippen LogP contribution in [-0.4, -0.2) is 29.6 Å². The van der Waals surface area contributed by atoms with E-state index in [4.69, 9.17) is 0 Å². The van der Waals surface area contributed by atoms with E-state index in [1.807, 2.05) is 12.1 Å². The largest absolute Gasteiger partial charge is 0.508 e. The average molecular weight is 290 g/mol. The quantitative estimate of drug-likeness (QED) is 0.779. The highest BCUT2D eigenvalue weighted by molar-refractivity contribution is 5.79. The number of phenols is 1. The van der Waals surface area contributed by atoms with E-state index in [2.05, 4.69) is 24.5 Å². The molecule has 2 rings (SSSR count). The van der Waals surface area contributed by atoms with Gasteiger partial charge in [-0.05, 0) is 63.8 Å². The fourth-order valence-corrected chi connectivity index (χ4v) is 2.85. The van der Waals surface area contributed by atoms with Crippen LogP contribution in [0.15, 0.2) is 24.3 Å². The van der Waals surface area contributed by atoms with Crippen molar-refractivity contribution in [1.29, 1.82) is 0 Å². The molecule has 1 aromatic rings. The van der Waals surface area contributed by atoms with Crippen molar-refractivity contribution >= 4 is 5.91 Å². The van der Waals surface area contributed by atoms with Gasteiger partial charge in [0, 0.05) is 18.0 Å². The molecule has 21 heavy (non-hydrogen) atoms. The standard InChI is InChI=1S/C17H26N2O2/c1-12(3-4-14-5-7-16(20)8-6-14)19-17(21)15-9-10-18-13(2)11-15/h5-8,12-13,15,18,20H,3-4,9-11H2,1-2H3,(H,19,21)/t12?,13-,15-/m0/s1. The van der Waals surface area contributed by atoms with E-state index < -0.39 is 0 Å². The number of carbonyl (C=O) groups excluding carboxylic acids is 1. The molecule has 0 aromatic heterocycles. The van der Waals surface area contributed by atoms with Crippen molar-refractivity contribution < 1.29 is 9.90 Å². The SMILES string of the molecule is CC(CCc1ccc(O)cc1)NC(=O)[C@H]1CCN[C@@H](C)C1. The average Bonchev–Trinajstić information content (AvgIpc) is 2.46. The molecule has 3 atom stereocenters. The molecule has 0 spiro atoms. The molecule has 1 aliphatic rings. The predicted molar refractivity (Wildman–Crippen MR) is 84.2 cm³/mol. The summed E-state index contributed by atoms with van der Waals surface area (Å²) >= 11 is 0. The molecule has 0 aliphatic carbocycles. The lowest BCUT2D eigenvalue weighted by Gasteiger charge is -2.28. The maximum Gasteiger partial charge on any atom is 0.223 e. The second-order valence-corrected chi connectivity index (χ2v) is 6.19. The summed E-state index contributed by atoms with van der Waals surface area (Å²) in [5.41, 5.74) is 1.18. The van der Waals surface area contributed by atoms with Crippen LogP contribution in [0.2, 0.25) is 0 Å². The zero-order valence-electron chi connectivity index (χ0n) is 12.9. The summed E-state index contributed by atoms with van der Waals surface area (Å²) in [5.74, 6) is 0.638. The van der Waals surface area contributed by atoms with Crippen LogP contribution in [-0.2, 0) is 11.2 Å². The highest BCUT2D eigenvalue weighted by atomic mass is 16.3. The Kier molecular flexibility index (Phi) is 5.62. The number of rotatable bonds is 5. The molecular formula is C17H26N2O2. The molecule has 0 bridgehead atoms. The van der Waals surface area contributed by atoms with E-state index in [9.17, 15) is 9.90 Å². The van der Waals surface area contributed by atoms with E-state index in [1.54, 1.807) is 12.1 Å². The lowest BCUT2D eigenvalue weighted by atomic mass is 9.92. The van der Waals surface area contributed by atoms with Crippen LogP contribution >= 0.6 is 0 Å². The third-order valence-electron chi connectivity index (χ3n) is 4.19. The van der Waals surface area contributed by atoms with Gasteiger partial charge >= 0.3 is 0 Å². The van der Waals surface area contributed by atoms with Crippen molar-refractivity contribution in [3.63, 3.8) is 0 Å². The number of phenolic OH excluding ortho intramolecular Hbond substituents is 1. The molecule has 1 unspecified atom stereocenters. The number of hydrogen-bond donors (Lipinski definition) is 3. The molecule has 4 heteroatoms. The van der Waals surface area contributed by atoms with Crippen molar-refractivity contribution in [2.75, 3.05) is 6.54 Å². The number of nitrogens with one attached hydrogen (secondary N) is 2. The van der Waals surface area contributed by atoms with Gasteiger partial charge in [-0.25, -0.2) is 0 Å². The number of aryl methyl sites for hydroxylation is 1. The van der Waals surface area contributed by atoms with Crippen molar-refractivity contribution in [2.24, 2.45) is 5.92 Å². The maximum atomic E-state index is 12.2. The highest BCUT2D eigenvalue weighted by Gasteiger charge is 2.25.